The minimum Gasteiger partial charge on any atom is -0.496 e. The molecule has 2 saturated heterocycles. The van der Waals surface area contributed by atoms with Crippen molar-refractivity contribution in [1.82, 2.24) is 10.2 Å². The number of para-hydroxylation sites is 1. The lowest BCUT2D eigenvalue weighted by molar-refractivity contribution is -0.142. The molecule has 4 aliphatic rings. The van der Waals surface area contributed by atoms with Crippen molar-refractivity contribution in [1.29, 1.82) is 0 Å². The lowest BCUT2D eigenvalue weighted by atomic mass is 9.73. The number of rotatable bonds is 8. The zero-order chi connectivity index (χ0) is 30.5. The van der Waals surface area contributed by atoms with E-state index in [9.17, 15) is 14.4 Å². The number of fused-ring (bicyclic) bond motifs is 1. The van der Waals surface area contributed by atoms with Gasteiger partial charge in [-0.15, -0.1) is 0 Å². The molecule has 2 aromatic rings. The van der Waals surface area contributed by atoms with Gasteiger partial charge in [-0.3, -0.25) is 14.4 Å². The minimum absolute atomic E-state index is 0.0189. The Morgan fingerprint density at radius 2 is 1.81 bits per heavy atom. The van der Waals surface area contributed by atoms with Gasteiger partial charge in [-0.05, 0) is 47.9 Å². The Bertz CT molecular complexity index is 1420. The van der Waals surface area contributed by atoms with Gasteiger partial charge >= 0.3 is 0 Å². The third-order valence-corrected chi connectivity index (χ3v) is 10.3. The van der Waals surface area contributed by atoms with E-state index < -0.39 is 29.6 Å². The van der Waals surface area contributed by atoms with Crippen molar-refractivity contribution in [2.45, 2.75) is 83.2 Å². The standard InChI is InChI=1S/C35H43N3O5/c1-20(2)23-13-15-25(16-14-23)36-32(39)29-28-17-18-35(43-28)30(29)34(41)38(19-24-10-6-7-12-27(24)42-5)31(35)33(40)37-26-11-8-9-21(3)22(26)4/h6-7,10,12-18,20-22,26,28-31H,8-9,11,19H2,1-5H3,(H,36,39)(H,37,40)/t21-,22-,26-,28-,29-,30-,31+,35+/m1/s1. The smallest absolute Gasteiger partial charge is 0.246 e. The number of likely N-dealkylation sites (tertiary alicyclic amines) is 1. The molecule has 0 radical (unpaired) electrons. The molecule has 8 heteroatoms. The molecule has 0 unspecified atom stereocenters. The van der Waals surface area contributed by atoms with Gasteiger partial charge in [-0.2, -0.15) is 0 Å². The maximum Gasteiger partial charge on any atom is 0.246 e. The van der Waals surface area contributed by atoms with Crippen molar-refractivity contribution in [2.24, 2.45) is 23.7 Å². The maximum absolute atomic E-state index is 14.4. The van der Waals surface area contributed by atoms with Crippen LogP contribution in [0.5, 0.6) is 5.75 Å². The molecule has 6 rings (SSSR count). The molecule has 3 fully saturated rings. The van der Waals surface area contributed by atoms with Crippen LogP contribution in [0.2, 0.25) is 0 Å². The summed E-state index contributed by atoms with van der Waals surface area (Å²) in [4.78, 5) is 44.1. The summed E-state index contributed by atoms with van der Waals surface area (Å²) in [7, 11) is 1.59. The number of amides is 3. The molecule has 2 aromatic carbocycles. The number of hydrogen-bond donors (Lipinski definition) is 2. The molecule has 2 N–H and O–H groups in total. The molecule has 1 saturated carbocycles. The topological polar surface area (TPSA) is 97.0 Å². The third kappa shape index (κ3) is 5.03. The number of nitrogens with zero attached hydrogens (tertiary/aromatic N) is 1. The largest absolute Gasteiger partial charge is 0.496 e. The van der Waals surface area contributed by atoms with Crippen molar-refractivity contribution in [3.05, 3.63) is 71.8 Å². The fraction of sp³-hybridized carbons (Fsp3) is 0.514. The Balaban J connectivity index is 1.32. The predicted molar refractivity (Wildman–Crippen MR) is 164 cm³/mol. The minimum atomic E-state index is -1.22. The first kappa shape index (κ1) is 29.4. The number of hydrogen-bond acceptors (Lipinski definition) is 5. The van der Waals surface area contributed by atoms with Crippen LogP contribution in [0.4, 0.5) is 5.69 Å². The van der Waals surface area contributed by atoms with E-state index >= 15 is 0 Å². The van der Waals surface area contributed by atoms with Gasteiger partial charge in [0.25, 0.3) is 0 Å². The summed E-state index contributed by atoms with van der Waals surface area (Å²) in [5.41, 5.74) is 1.41. The van der Waals surface area contributed by atoms with Gasteiger partial charge < -0.3 is 25.0 Å². The Labute approximate surface area is 254 Å². The maximum atomic E-state index is 14.4. The second-order valence-electron chi connectivity index (χ2n) is 13.1. The first-order valence-corrected chi connectivity index (χ1v) is 15.7. The highest BCUT2D eigenvalue weighted by Gasteiger charge is 2.72. The van der Waals surface area contributed by atoms with Crippen LogP contribution in [0.15, 0.2) is 60.7 Å². The van der Waals surface area contributed by atoms with Gasteiger partial charge in [0.1, 0.15) is 17.4 Å². The fourth-order valence-electron chi connectivity index (χ4n) is 7.68. The van der Waals surface area contributed by atoms with E-state index in [0.29, 0.717) is 29.2 Å². The number of carbonyl (C=O) groups is 3. The molecule has 3 amide bonds. The number of benzene rings is 2. The van der Waals surface area contributed by atoms with E-state index in [1.165, 1.54) is 5.56 Å². The monoisotopic (exact) mass is 585 g/mol. The summed E-state index contributed by atoms with van der Waals surface area (Å²) < 4.78 is 12.1. The van der Waals surface area contributed by atoms with Gasteiger partial charge in [-0.25, -0.2) is 0 Å². The first-order chi connectivity index (χ1) is 20.6. The number of ether oxygens (including phenoxy) is 2. The zero-order valence-corrected chi connectivity index (χ0v) is 25.7. The number of nitrogens with one attached hydrogen (secondary N) is 2. The van der Waals surface area contributed by atoms with Crippen molar-refractivity contribution in [2.75, 3.05) is 12.4 Å². The average Bonchev–Trinajstić information content (AvgIpc) is 3.63. The van der Waals surface area contributed by atoms with E-state index in [1.807, 2.05) is 60.7 Å². The van der Waals surface area contributed by atoms with Crippen molar-refractivity contribution < 1.29 is 23.9 Å². The summed E-state index contributed by atoms with van der Waals surface area (Å²) in [6.07, 6.45) is 6.24. The highest BCUT2D eigenvalue weighted by molar-refractivity contribution is 6.02. The van der Waals surface area contributed by atoms with Crippen LogP contribution in [0, 0.1) is 23.7 Å². The number of anilines is 1. The van der Waals surface area contributed by atoms with Gasteiger partial charge in [0, 0.05) is 17.3 Å². The van der Waals surface area contributed by atoms with E-state index in [2.05, 4.69) is 38.3 Å². The van der Waals surface area contributed by atoms with Crippen LogP contribution < -0.4 is 15.4 Å². The molecule has 3 aliphatic heterocycles. The fourth-order valence-corrected chi connectivity index (χ4v) is 7.68. The third-order valence-electron chi connectivity index (χ3n) is 10.3. The van der Waals surface area contributed by atoms with Crippen LogP contribution >= 0.6 is 0 Å². The molecule has 1 aliphatic carbocycles. The number of methoxy groups -OCH3 is 1. The summed E-state index contributed by atoms with van der Waals surface area (Å²) >= 11 is 0. The molecule has 8 nitrogen and oxygen atoms in total. The molecule has 1 spiro atoms. The highest BCUT2D eigenvalue weighted by atomic mass is 16.5. The summed E-state index contributed by atoms with van der Waals surface area (Å²) in [6, 6.07) is 14.4. The van der Waals surface area contributed by atoms with E-state index in [1.54, 1.807) is 12.0 Å². The molecule has 2 bridgehead atoms. The van der Waals surface area contributed by atoms with Crippen molar-refractivity contribution in [3.8, 4) is 5.75 Å². The van der Waals surface area contributed by atoms with Gasteiger partial charge in [0.2, 0.25) is 17.7 Å². The Morgan fingerprint density at radius 3 is 2.53 bits per heavy atom. The molecule has 43 heavy (non-hydrogen) atoms. The van der Waals surface area contributed by atoms with Crippen molar-refractivity contribution in [3.63, 3.8) is 0 Å². The second-order valence-corrected chi connectivity index (χ2v) is 13.1. The van der Waals surface area contributed by atoms with Crippen LogP contribution in [0.1, 0.15) is 64.0 Å². The normalized spacial score (nSPS) is 32.7. The molecule has 0 aromatic heterocycles. The first-order valence-electron chi connectivity index (χ1n) is 15.7. The SMILES string of the molecule is COc1ccccc1CN1C(=O)[C@H]2[C@H](C(=O)Nc3ccc(C(C)C)cc3)[C@H]3C=C[C@@]2(O3)[C@@H]1C(=O)N[C@@H]1CCC[C@@H](C)[C@H]1C. The average molecular weight is 586 g/mol. The van der Waals surface area contributed by atoms with Gasteiger partial charge in [0.15, 0.2) is 0 Å². The van der Waals surface area contributed by atoms with Crippen molar-refractivity contribution >= 4 is 23.4 Å². The Hall–Kier alpha value is -3.65. The molecular weight excluding hydrogens is 542 g/mol. The lowest BCUT2D eigenvalue weighted by Gasteiger charge is -2.38. The quantitative estimate of drug-likeness (QED) is 0.423. The Morgan fingerprint density at radius 1 is 1.07 bits per heavy atom. The zero-order valence-electron chi connectivity index (χ0n) is 25.7. The van der Waals surface area contributed by atoms with Crippen LogP contribution in [0.25, 0.3) is 0 Å². The molecule has 8 atom stereocenters. The predicted octanol–water partition coefficient (Wildman–Crippen LogP) is 5.05. The van der Waals surface area contributed by atoms with E-state index in [0.717, 1.165) is 24.8 Å². The van der Waals surface area contributed by atoms with E-state index in [-0.39, 0.29) is 30.3 Å². The second kappa shape index (κ2) is 11.5. The summed E-state index contributed by atoms with van der Waals surface area (Å²) in [6.45, 7) is 8.83. The van der Waals surface area contributed by atoms with Gasteiger partial charge in [-0.1, -0.05) is 83.0 Å². The summed E-state index contributed by atoms with van der Waals surface area (Å²) in [5, 5.41) is 6.34. The summed E-state index contributed by atoms with van der Waals surface area (Å²) in [5.74, 6) is -0.491. The van der Waals surface area contributed by atoms with Crippen LogP contribution in [0.3, 0.4) is 0 Å². The molecule has 3 heterocycles. The highest BCUT2D eigenvalue weighted by Crippen LogP contribution is 2.55. The van der Waals surface area contributed by atoms with E-state index in [4.69, 9.17) is 9.47 Å². The van der Waals surface area contributed by atoms with Crippen LogP contribution in [-0.2, 0) is 25.7 Å². The Kier molecular flexibility index (Phi) is 7.84. The molecule has 228 valence electrons. The number of carbonyl (C=O) groups excluding carboxylic acids is 3. The van der Waals surface area contributed by atoms with Gasteiger partial charge in [0.05, 0.1) is 31.6 Å². The lowest BCUT2D eigenvalue weighted by Crippen LogP contribution is -2.57. The molecular formula is C35H43N3O5. The van der Waals surface area contributed by atoms with Crippen LogP contribution in [-0.4, -0.2) is 53.5 Å².